The molecule has 24 heavy (non-hydrogen) atoms. The monoisotopic (exact) mass is 341 g/mol. The summed E-state index contributed by atoms with van der Waals surface area (Å²) in [5, 5.41) is 14.1. The number of hydrogen-bond donors (Lipinski definition) is 4. The van der Waals surface area contributed by atoms with Crippen molar-refractivity contribution < 1.29 is 19.5 Å². The van der Waals surface area contributed by atoms with Crippen LogP contribution in [0.5, 0.6) is 0 Å². The summed E-state index contributed by atoms with van der Waals surface area (Å²) in [7, 11) is 0. The first-order valence-corrected chi connectivity index (χ1v) is 8.60. The van der Waals surface area contributed by atoms with Gasteiger partial charge in [0, 0.05) is 5.92 Å². The summed E-state index contributed by atoms with van der Waals surface area (Å²) in [6, 6.07) is -1.11. The lowest BCUT2D eigenvalue weighted by molar-refractivity contribution is -0.141. The molecule has 0 aromatic heterocycles. The van der Waals surface area contributed by atoms with E-state index in [2.05, 4.69) is 31.4 Å². The highest BCUT2D eigenvalue weighted by atomic mass is 16.4. The van der Waals surface area contributed by atoms with Crippen molar-refractivity contribution in [1.82, 2.24) is 10.6 Å². The molecule has 1 fully saturated rings. The van der Waals surface area contributed by atoms with Crippen molar-refractivity contribution in [2.24, 2.45) is 23.0 Å². The van der Waals surface area contributed by atoms with E-state index in [4.69, 9.17) is 10.8 Å². The van der Waals surface area contributed by atoms with Crippen LogP contribution in [0.25, 0.3) is 0 Å². The molecular formula is C17H31N3O4. The molecule has 5 N–H and O–H groups in total. The van der Waals surface area contributed by atoms with Gasteiger partial charge in [-0.3, -0.25) is 14.4 Å². The summed E-state index contributed by atoms with van der Waals surface area (Å²) < 4.78 is 0. The molecule has 0 radical (unpaired) electrons. The molecule has 7 nitrogen and oxygen atoms in total. The largest absolute Gasteiger partial charge is 0.481 e. The van der Waals surface area contributed by atoms with Gasteiger partial charge in [-0.25, -0.2) is 0 Å². The minimum atomic E-state index is -1.14. The van der Waals surface area contributed by atoms with Crippen LogP contribution < -0.4 is 16.4 Å². The van der Waals surface area contributed by atoms with Gasteiger partial charge in [0.1, 0.15) is 6.04 Å². The molecule has 0 aromatic rings. The van der Waals surface area contributed by atoms with Crippen LogP contribution in [-0.2, 0) is 14.4 Å². The van der Waals surface area contributed by atoms with Gasteiger partial charge in [-0.1, -0.05) is 33.6 Å². The van der Waals surface area contributed by atoms with Gasteiger partial charge >= 0.3 is 5.97 Å². The average molecular weight is 341 g/mol. The van der Waals surface area contributed by atoms with Gasteiger partial charge in [-0.2, -0.15) is 0 Å². The maximum Gasteiger partial charge on any atom is 0.305 e. The van der Waals surface area contributed by atoms with Crippen LogP contribution in [0.1, 0.15) is 59.8 Å². The first kappa shape index (κ1) is 20.4. The zero-order valence-electron chi connectivity index (χ0n) is 15.1. The molecule has 138 valence electrons. The van der Waals surface area contributed by atoms with Crippen LogP contribution in [0.2, 0.25) is 0 Å². The Morgan fingerprint density at radius 2 is 1.75 bits per heavy atom. The van der Waals surface area contributed by atoms with Crippen molar-refractivity contribution in [3.05, 3.63) is 0 Å². The Labute approximate surface area is 143 Å². The molecule has 4 atom stereocenters. The van der Waals surface area contributed by atoms with E-state index in [1.54, 1.807) is 6.92 Å². The van der Waals surface area contributed by atoms with Gasteiger partial charge < -0.3 is 21.5 Å². The Kier molecular flexibility index (Phi) is 7.20. The number of hydrogen-bond acceptors (Lipinski definition) is 4. The maximum absolute atomic E-state index is 12.7. The van der Waals surface area contributed by atoms with Gasteiger partial charge in [0.15, 0.2) is 0 Å². The fraction of sp³-hybridized carbons (Fsp3) is 0.824. The Morgan fingerprint density at radius 1 is 1.17 bits per heavy atom. The highest BCUT2D eigenvalue weighted by molar-refractivity contribution is 5.91. The number of nitrogens with two attached hydrogens (primary N) is 1. The Bertz CT molecular complexity index is 471. The summed E-state index contributed by atoms with van der Waals surface area (Å²) in [5.74, 6) is -1.92. The van der Waals surface area contributed by atoms with E-state index in [-0.39, 0.29) is 23.2 Å². The van der Waals surface area contributed by atoms with E-state index in [9.17, 15) is 14.4 Å². The van der Waals surface area contributed by atoms with Crippen molar-refractivity contribution in [3.63, 3.8) is 0 Å². The van der Waals surface area contributed by atoms with Crippen LogP contribution in [0.15, 0.2) is 0 Å². The van der Waals surface area contributed by atoms with Gasteiger partial charge in [-0.05, 0) is 31.1 Å². The molecule has 1 saturated carbocycles. The quantitative estimate of drug-likeness (QED) is 0.541. The number of carboxylic acid groups (broad SMARTS) is 1. The second-order valence-corrected chi connectivity index (χ2v) is 7.82. The maximum atomic E-state index is 12.7. The minimum absolute atomic E-state index is 0.0151. The van der Waals surface area contributed by atoms with Crippen LogP contribution >= 0.6 is 0 Å². The molecule has 0 heterocycles. The molecular weight excluding hydrogens is 310 g/mol. The molecule has 2 amide bonds. The predicted molar refractivity (Wildman–Crippen MR) is 90.9 cm³/mol. The Balaban J connectivity index is 2.85. The lowest BCUT2D eigenvalue weighted by Gasteiger charge is -2.40. The normalized spacial score (nSPS) is 23.9. The zero-order chi connectivity index (χ0) is 18.5. The first-order valence-electron chi connectivity index (χ1n) is 8.60. The molecule has 0 bridgehead atoms. The number of carbonyl (C=O) groups is 3. The molecule has 1 aliphatic carbocycles. The van der Waals surface area contributed by atoms with Gasteiger partial charge in [0.2, 0.25) is 11.8 Å². The summed E-state index contributed by atoms with van der Waals surface area (Å²) in [5.41, 5.74) is 5.51. The topological polar surface area (TPSA) is 122 Å². The van der Waals surface area contributed by atoms with Crippen molar-refractivity contribution in [3.8, 4) is 0 Å². The SMILES string of the molecule is C[C@H](N)NC(=O)[C@H](CC(=O)O)NC(=O)C1CCCCC1C(C)(C)C. The smallest absolute Gasteiger partial charge is 0.305 e. The van der Waals surface area contributed by atoms with E-state index < -0.39 is 30.5 Å². The Hall–Kier alpha value is -1.63. The summed E-state index contributed by atoms with van der Waals surface area (Å²) in [4.78, 5) is 35.9. The lowest BCUT2D eigenvalue weighted by Crippen LogP contribution is -2.54. The van der Waals surface area contributed by atoms with E-state index in [1.165, 1.54) is 0 Å². The van der Waals surface area contributed by atoms with Gasteiger partial charge in [-0.15, -0.1) is 0 Å². The van der Waals surface area contributed by atoms with E-state index >= 15 is 0 Å². The number of rotatable bonds is 6. The van der Waals surface area contributed by atoms with E-state index in [1.807, 2.05) is 0 Å². The summed E-state index contributed by atoms with van der Waals surface area (Å²) in [6.07, 6.45) is 2.73. The highest BCUT2D eigenvalue weighted by Gasteiger charge is 2.39. The predicted octanol–water partition coefficient (Wildman–Crippen LogP) is 1.22. The summed E-state index contributed by atoms with van der Waals surface area (Å²) >= 11 is 0. The number of carbonyl (C=O) groups excluding carboxylic acids is 2. The van der Waals surface area contributed by atoms with Crippen LogP contribution in [0, 0.1) is 17.3 Å². The molecule has 7 heteroatoms. The van der Waals surface area contributed by atoms with Crippen molar-refractivity contribution in [2.75, 3.05) is 0 Å². The van der Waals surface area contributed by atoms with Crippen LogP contribution in [0.3, 0.4) is 0 Å². The van der Waals surface area contributed by atoms with E-state index in [0.717, 1.165) is 25.7 Å². The second kappa shape index (κ2) is 8.46. The number of carboxylic acids is 1. The van der Waals surface area contributed by atoms with Gasteiger partial charge in [0.05, 0.1) is 12.6 Å². The second-order valence-electron chi connectivity index (χ2n) is 7.82. The molecule has 2 unspecified atom stereocenters. The number of aliphatic carboxylic acids is 1. The molecule has 1 rings (SSSR count). The van der Waals surface area contributed by atoms with E-state index in [0.29, 0.717) is 0 Å². The van der Waals surface area contributed by atoms with Crippen molar-refractivity contribution in [1.29, 1.82) is 0 Å². The van der Waals surface area contributed by atoms with Crippen molar-refractivity contribution in [2.45, 2.75) is 72.0 Å². The standard InChI is InChI=1S/C17H31N3O4/c1-10(18)19-16(24)13(9-14(21)22)20-15(23)11-7-5-6-8-12(11)17(2,3)4/h10-13H,5-9,18H2,1-4H3,(H,19,24)(H,20,23)(H,21,22)/t10-,11?,12?,13+/m1/s1. The molecule has 0 spiro atoms. The molecule has 0 saturated heterocycles. The zero-order valence-corrected chi connectivity index (χ0v) is 15.1. The summed E-state index contributed by atoms with van der Waals surface area (Å²) in [6.45, 7) is 7.91. The van der Waals surface area contributed by atoms with Gasteiger partial charge in [0.25, 0.3) is 0 Å². The third-order valence-electron chi connectivity index (χ3n) is 4.60. The fourth-order valence-electron chi connectivity index (χ4n) is 3.47. The average Bonchev–Trinajstić information content (AvgIpc) is 2.44. The molecule has 0 aliphatic heterocycles. The lowest BCUT2D eigenvalue weighted by atomic mass is 9.66. The number of amides is 2. The third kappa shape index (κ3) is 6.11. The molecule has 1 aliphatic rings. The van der Waals surface area contributed by atoms with Crippen LogP contribution in [0.4, 0.5) is 0 Å². The third-order valence-corrected chi connectivity index (χ3v) is 4.60. The highest BCUT2D eigenvalue weighted by Crippen LogP contribution is 2.41. The number of nitrogens with one attached hydrogen (secondary N) is 2. The van der Waals surface area contributed by atoms with Crippen molar-refractivity contribution >= 4 is 17.8 Å². The first-order chi connectivity index (χ1) is 11.0. The minimum Gasteiger partial charge on any atom is -0.481 e. The fourth-order valence-corrected chi connectivity index (χ4v) is 3.47. The Morgan fingerprint density at radius 3 is 2.25 bits per heavy atom. The van der Waals surface area contributed by atoms with Crippen LogP contribution in [-0.4, -0.2) is 35.1 Å². The molecule has 0 aromatic carbocycles.